The predicted octanol–water partition coefficient (Wildman–Crippen LogP) is 5.72. The summed E-state index contributed by atoms with van der Waals surface area (Å²) in [6, 6.07) is 14.0. The quantitative estimate of drug-likeness (QED) is 0.601. The van der Waals surface area contributed by atoms with Gasteiger partial charge >= 0.3 is 0 Å². The lowest BCUT2D eigenvalue weighted by atomic mass is 10.1. The molecule has 0 bridgehead atoms. The Kier molecular flexibility index (Phi) is 5.93. The number of aryl methyl sites for hydroxylation is 1. The lowest BCUT2D eigenvalue weighted by Crippen LogP contribution is -2.12. The molecule has 1 N–H and O–H groups in total. The van der Waals surface area contributed by atoms with Crippen molar-refractivity contribution in [3.05, 3.63) is 62.7 Å². The third kappa shape index (κ3) is 4.45. The summed E-state index contributed by atoms with van der Waals surface area (Å²) in [5.41, 5.74) is 4.07. The Morgan fingerprint density at radius 2 is 1.83 bits per heavy atom. The number of hydrogen-bond acceptors (Lipinski definition) is 3. The molecule has 2 nitrogen and oxygen atoms in total. The average Bonchev–Trinajstić information content (AvgIpc) is 2.59. The number of halogens is 1. The maximum Gasteiger partial charge on any atom is 0.255 e. The predicted molar refractivity (Wildman–Crippen MR) is 111 cm³/mol. The molecule has 3 rings (SSSR count). The normalized spacial score (nSPS) is 15.4. The maximum atomic E-state index is 12.4. The molecule has 1 aliphatic rings. The molecule has 2 aromatic rings. The van der Waals surface area contributed by atoms with Crippen molar-refractivity contribution < 1.29 is 4.79 Å². The number of thioether (sulfide) groups is 2. The molecule has 1 saturated heterocycles. The van der Waals surface area contributed by atoms with E-state index in [4.69, 9.17) is 0 Å². The largest absolute Gasteiger partial charge is 0.322 e. The first kappa shape index (κ1) is 17.2. The molecular weight excluding hydrogens is 437 g/mol. The van der Waals surface area contributed by atoms with Crippen LogP contribution in [0.25, 0.3) is 0 Å². The third-order valence-corrected chi connectivity index (χ3v) is 7.88. The second-order valence-corrected chi connectivity index (χ2v) is 9.35. The SMILES string of the molecule is Cc1ccc(NC(=O)c2ccc(C3SCCCS3)cc2)cc1I. The van der Waals surface area contributed by atoms with Crippen LogP contribution in [0, 0.1) is 10.5 Å². The molecule has 2 aromatic carbocycles. The maximum absolute atomic E-state index is 12.4. The highest BCUT2D eigenvalue weighted by Crippen LogP contribution is 2.43. The van der Waals surface area contributed by atoms with Gasteiger partial charge < -0.3 is 5.32 Å². The van der Waals surface area contributed by atoms with Crippen LogP contribution in [0.4, 0.5) is 5.69 Å². The highest BCUT2D eigenvalue weighted by molar-refractivity contribution is 14.1. The number of rotatable bonds is 3. The van der Waals surface area contributed by atoms with E-state index in [1.807, 2.05) is 53.9 Å². The van der Waals surface area contributed by atoms with Crippen LogP contribution in [0.1, 0.15) is 32.5 Å². The van der Waals surface area contributed by atoms with E-state index >= 15 is 0 Å². The number of carbonyl (C=O) groups is 1. The smallest absolute Gasteiger partial charge is 0.255 e. The zero-order chi connectivity index (χ0) is 16.2. The molecule has 0 atom stereocenters. The van der Waals surface area contributed by atoms with Crippen molar-refractivity contribution in [2.45, 2.75) is 17.9 Å². The van der Waals surface area contributed by atoms with Crippen molar-refractivity contribution in [2.24, 2.45) is 0 Å². The van der Waals surface area contributed by atoms with Gasteiger partial charge in [-0.1, -0.05) is 18.2 Å². The van der Waals surface area contributed by atoms with Crippen LogP contribution < -0.4 is 5.32 Å². The molecule has 0 radical (unpaired) electrons. The zero-order valence-electron chi connectivity index (χ0n) is 12.8. The Morgan fingerprint density at radius 1 is 1.13 bits per heavy atom. The van der Waals surface area contributed by atoms with E-state index in [0.29, 0.717) is 10.1 Å². The fraction of sp³-hybridized carbons (Fsp3) is 0.278. The van der Waals surface area contributed by atoms with Crippen LogP contribution in [0.2, 0.25) is 0 Å². The number of carbonyl (C=O) groups excluding carboxylic acids is 1. The standard InChI is InChI=1S/C18H18INOS2/c1-12-3-8-15(11-16(12)19)20-17(21)13-4-6-14(7-5-13)18-22-9-2-10-23-18/h3-8,11,18H,2,9-10H2,1H3,(H,20,21). The van der Waals surface area contributed by atoms with Crippen molar-refractivity contribution in [3.8, 4) is 0 Å². The van der Waals surface area contributed by atoms with Gasteiger partial charge in [0.05, 0.1) is 4.58 Å². The minimum absolute atomic E-state index is 0.0554. The molecule has 0 aromatic heterocycles. The molecule has 0 spiro atoms. The van der Waals surface area contributed by atoms with E-state index in [1.165, 1.54) is 29.1 Å². The van der Waals surface area contributed by atoms with Gasteiger partial charge in [0, 0.05) is 14.8 Å². The second kappa shape index (κ2) is 7.94. The summed E-state index contributed by atoms with van der Waals surface area (Å²) in [6.07, 6.45) is 1.29. The summed E-state index contributed by atoms with van der Waals surface area (Å²) in [5.74, 6) is 2.40. The van der Waals surface area contributed by atoms with Crippen LogP contribution >= 0.6 is 46.1 Å². The van der Waals surface area contributed by atoms with E-state index in [0.717, 1.165) is 9.26 Å². The molecule has 1 amide bonds. The first-order valence-electron chi connectivity index (χ1n) is 7.54. The molecule has 0 aliphatic carbocycles. The monoisotopic (exact) mass is 455 g/mol. The lowest BCUT2D eigenvalue weighted by molar-refractivity contribution is 0.102. The summed E-state index contributed by atoms with van der Waals surface area (Å²) < 4.78 is 1.67. The summed E-state index contributed by atoms with van der Waals surface area (Å²) in [4.78, 5) is 12.4. The van der Waals surface area contributed by atoms with Crippen molar-refractivity contribution in [3.63, 3.8) is 0 Å². The summed E-state index contributed by atoms with van der Waals surface area (Å²) in [5, 5.41) is 2.97. The van der Waals surface area contributed by atoms with Crippen LogP contribution in [0.3, 0.4) is 0 Å². The molecular formula is C18H18INOS2. The van der Waals surface area contributed by atoms with Gasteiger partial charge in [-0.2, -0.15) is 0 Å². The van der Waals surface area contributed by atoms with Gasteiger partial charge in [-0.05, 0) is 82.8 Å². The molecule has 120 valence electrons. The van der Waals surface area contributed by atoms with Crippen LogP contribution in [0.5, 0.6) is 0 Å². The van der Waals surface area contributed by atoms with Gasteiger partial charge in [-0.3, -0.25) is 4.79 Å². The van der Waals surface area contributed by atoms with E-state index in [-0.39, 0.29) is 5.91 Å². The molecule has 1 heterocycles. The Labute approximate surface area is 159 Å². The number of anilines is 1. The van der Waals surface area contributed by atoms with E-state index in [2.05, 4.69) is 47.0 Å². The van der Waals surface area contributed by atoms with Gasteiger partial charge in [-0.25, -0.2) is 0 Å². The molecule has 0 unspecified atom stereocenters. The molecule has 1 fully saturated rings. The van der Waals surface area contributed by atoms with Gasteiger partial charge in [0.25, 0.3) is 5.91 Å². The lowest BCUT2D eigenvalue weighted by Gasteiger charge is -2.21. The highest BCUT2D eigenvalue weighted by atomic mass is 127. The topological polar surface area (TPSA) is 29.1 Å². The zero-order valence-corrected chi connectivity index (χ0v) is 16.6. The van der Waals surface area contributed by atoms with Crippen molar-refractivity contribution in [1.29, 1.82) is 0 Å². The summed E-state index contributed by atoms with van der Waals surface area (Å²) in [6.45, 7) is 2.06. The van der Waals surface area contributed by atoms with Crippen molar-refractivity contribution >= 4 is 57.7 Å². The summed E-state index contributed by atoms with van der Waals surface area (Å²) in [7, 11) is 0. The Hall–Kier alpha value is -0.660. The van der Waals surface area contributed by atoms with Crippen LogP contribution in [-0.2, 0) is 0 Å². The number of hydrogen-bond donors (Lipinski definition) is 1. The molecule has 5 heteroatoms. The van der Waals surface area contributed by atoms with Crippen LogP contribution in [-0.4, -0.2) is 17.4 Å². The minimum atomic E-state index is -0.0554. The Bertz CT molecular complexity index is 697. The van der Waals surface area contributed by atoms with E-state index in [1.54, 1.807) is 0 Å². The molecule has 0 saturated carbocycles. The second-order valence-electron chi connectivity index (χ2n) is 5.47. The van der Waals surface area contributed by atoms with Crippen molar-refractivity contribution in [2.75, 3.05) is 16.8 Å². The first-order valence-corrected chi connectivity index (χ1v) is 10.7. The fourth-order valence-electron chi connectivity index (χ4n) is 2.35. The summed E-state index contributed by atoms with van der Waals surface area (Å²) >= 11 is 6.28. The Morgan fingerprint density at radius 3 is 2.48 bits per heavy atom. The average molecular weight is 455 g/mol. The molecule has 23 heavy (non-hydrogen) atoms. The van der Waals surface area contributed by atoms with Gasteiger partial charge in [0.15, 0.2) is 0 Å². The highest BCUT2D eigenvalue weighted by Gasteiger charge is 2.17. The van der Waals surface area contributed by atoms with E-state index in [9.17, 15) is 4.79 Å². The third-order valence-electron chi connectivity index (χ3n) is 3.70. The van der Waals surface area contributed by atoms with Crippen molar-refractivity contribution in [1.82, 2.24) is 0 Å². The number of benzene rings is 2. The number of nitrogens with one attached hydrogen (secondary N) is 1. The van der Waals surface area contributed by atoms with E-state index < -0.39 is 0 Å². The molecule has 1 aliphatic heterocycles. The Balaban J connectivity index is 1.68. The minimum Gasteiger partial charge on any atom is -0.322 e. The number of amides is 1. The van der Waals surface area contributed by atoms with Crippen LogP contribution in [0.15, 0.2) is 42.5 Å². The first-order chi connectivity index (χ1) is 11.1. The fourth-order valence-corrected chi connectivity index (χ4v) is 5.76. The van der Waals surface area contributed by atoms with Gasteiger partial charge in [-0.15, -0.1) is 23.5 Å². The van der Waals surface area contributed by atoms with Gasteiger partial charge in [0.2, 0.25) is 0 Å². The van der Waals surface area contributed by atoms with Gasteiger partial charge in [0.1, 0.15) is 0 Å².